The van der Waals surface area contributed by atoms with Crippen LogP contribution in [0.4, 0.5) is 0 Å². The lowest BCUT2D eigenvalue weighted by Crippen LogP contribution is -2.40. The molecule has 7 heteroatoms. The number of ether oxygens (including phenoxy) is 1. The minimum atomic E-state index is -1.07. The Balaban J connectivity index is 2.69. The Hall–Kier alpha value is -1.11. The van der Waals surface area contributed by atoms with Crippen molar-refractivity contribution in [1.82, 2.24) is 5.32 Å². The van der Waals surface area contributed by atoms with E-state index in [1.807, 2.05) is 0 Å². The number of rotatable bonds is 7. The molecule has 110 valence electrons. The molecule has 1 aromatic rings. The molecule has 1 aromatic carbocycles. The standard InChI is InChI=1S/C13H15BrClNO4/c1-20-6-2-3-11(13(18)19)16-12(17)8-4-5-9(14)10(15)7-8/h4-5,7,11H,2-3,6H2,1H3,(H,16,17)(H,18,19). The Morgan fingerprint density at radius 1 is 1.50 bits per heavy atom. The average Bonchev–Trinajstić information content (AvgIpc) is 2.40. The van der Waals surface area contributed by atoms with Gasteiger partial charge in [-0.05, 0) is 47.0 Å². The van der Waals surface area contributed by atoms with Crippen molar-refractivity contribution < 1.29 is 19.4 Å². The van der Waals surface area contributed by atoms with E-state index in [1.165, 1.54) is 13.2 Å². The fourth-order valence-electron chi connectivity index (χ4n) is 1.57. The molecular formula is C13H15BrClNO4. The van der Waals surface area contributed by atoms with E-state index in [4.69, 9.17) is 21.4 Å². The number of methoxy groups -OCH3 is 1. The van der Waals surface area contributed by atoms with Crippen LogP contribution < -0.4 is 5.32 Å². The second-order valence-corrected chi connectivity index (χ2v) is 5.39. The maximum absolute atomic E-state index is 12.0. The highest BCUT2D eigenvalue weighted by atomic mass is 79.9. The molecule has 2 N–H and O–H groups in total. The van der Waals surface area contributed by atoms with Gasteiger partial charge in [0.15, 0.2) is 0 Å². The molecule has 20 heavy (non-hydrogen) atoms. The van der Waals surface area contributed by atoms with Crippen molar-refractivity contribution >= 4 is 39.4 Å². The first-order chi connectivity index (χ1) is 9.45. The van der Waals surface area contributed by atoms with Crippen LogP contribution in [0.3, 0.4) is 0 Å². The molecule has 0 saturated heterocycles. The highest BCUT2D eigenvalue weighted by Crippen LogP contribution is 2.23. The molecular weight excluding hydrogens is 350 g/mol. The van der Waals surface area contributed by atoms with Crippen LogP contribution in [0, 0.1) is 0 Å². The third-order valence-corrected chi connectivity index (χ3v) is 3.86. The summed E-state index contributed by atoms with van der Waals surface area (Å²) >= 11 is 9.12. The Morgan fingerprint density at radius 2 is 2.20 bits per heavy atom. The van der Waals surface area contributed by atoms with Crippen molar-refractivity contribution in [3.8, 4) is 0 Å². The molecule has 0 fully saturated rings. The number of hydrogen-bond donors (Lipinski definition) is 2. The number of carbonyl (C=O) groups excluding carboxylic acids is 1. The Morgan fingerprint density at radius 3 is 2.75 bits per heavy atom. The third kappa shape index (κ3) is 5.11. The third-order valence-electron chi connectivity index (χ3n) is 2.63. The van der Waals surface area contributed by atoms with Gasteiger partial charge in [0.05, 0.1) is 5.02 Å². The minimum Gasteiger partial charge on any atom is -0.480 e. The smallest absolute Gasteiger partial charge is 0.326 e. The average molecular weight is 365 g/mol. The molecule has 0 aliphatic carbocycles. The molecule has 0 aliphatic rings. The Kier molecular flexibility index (Phi) is 6.98. The topological polar surface area (TPSA) is 75.6 Å². The first-order valence-electron chi connectivity index (χ1n) is 5.93. The van der Waals surface area contributed by atoms with Gasteiger partial charge in [-0.25, -0.2) is 4.79 Å². The van der Waals surface area contributed by atoms with Crippen molar-refractivity contribution in [2.45, 2.75) is 18.9 Å². The molecule has 1 rings (SSSR count). The molecule has 1 atom stereocenters. The van der Waals surface area contributed by atoms with E-state index in [0.29, 0.717) is 34.5 Å². The van der Waals surface area contributed by atoms with Crippen LogP contribution in [-0.4, -0.2) is 36.7 Å². The molecule has 0 radical (unpaired) electrons. The molecule has 0 spiro atoms. The quantitative estimate of drug-likeness (QED) is 0.730. The zero-order valence-corrected chi connectivity index (χ0v) is 13.2. The Bertz CT molecular complexity index is 495. The lowest BCUT2D eigenvalue weighted by Gasteiger charge is -2.14. The van der Waals surface area contributed by atoms with Gasteiger partial charge in [0, 0.05) is 23.8 Å². The summed E-state index contributed by atoms with van der Waals surface area (Å²) in [5.74, 6) is -1.54. The van der Waals surface area contributed by atoms with Crippen LogP contribution in [0.25, 0.3) is 0 Å². The summed E-state index contributed by atoms with van der Waals surface area (Å²) in [6.07, 6.45) is 0.855. The largest absolute Gasteiger partial charge is 0.480 e. The zero-order valence-electron chi connectivity index (χ0n) is 10.9. The van der Waals surface area contributed by atoms with Gasteiger partial charge in [0.2, 0.25) is 0 Å². The fourth-order valence-corrected chi connectivity index (χ4v) is 2.00. The molecule has 0 saturated carbocycles. The lowest BCUT2D eigenvalue weighted by atomic mass is 10.1. The molecule has 0 heterocycles. The number of carboxylic acid groups (broad SMARTS) is 1. The van der Waals surface area contributed by atoms with Crippen LogP contribution in [0.2, 0.25) is 5.02 Å². The zero-order chi connectivity index (χ0) is 15.1. The monoisotopic (exact) mass is 363 g/mol. The highest BCUT2D eigenvalue weighted by molar-refractivity contribution is 9.10. The van der Waals surface area contributed by atoms with Crippen molar-refractivity contribution in [2.75, 3.05) is 13.7 Å². The van der Waals surface area contributed by atoms with E-state index in [9.17, 15) is 9.59 Å². The van der Waals surface area contributed by atoms with Crippen molar-refractivity contribution in [3.63, 3.8) is 0 Å². The summed E-state index contributed by atoms with van der Waals surface area (Å²) in [7, 11) is 1.54. The number of carboxylic acids is 1. The summed E-state index contributed by atoms with van der Waals surface area (Å²) in [4.78, 5) is 23.1. The van der Waals surface area contributed by atoms with Crippen LogP contribution in [-0.2, 0) is 9.53 Å². The van der Waals surface area contributed by atoms with Crippen LogP contribution in [0.5, 0.6) is 0 Å². The first-order valence-corrected chi connectivity index (χ1v) is 7.10. The van der Waals surface area contributed by atoms with Gasteiger partial charge in [0.1, 0.15) is 6.04 Å². The normalized spacial score (nSPS) is 11.9. The molecule has 0 aromatic heterocycles. The number of carbonyl (C=O) groups is 2. The van der Waals surface area contributed by atoms with E-state index in [-0.39, 0.29) is 0 Å². The summed E-state index contributed by atoms with van der Waals surface area (Å²) in [5.41, 5.74) is 0.316. The van der Waals surface area contributed by atoms with Gasteiger partial charge in [-0.1, -0.05) is 11.6 Å². The number of benzene rings is 1. The van der Waals surface area contributed by atoms with Crippen LogP contribution >= 0.6 is 27.5 Å². The Labute approximate surface area is 130 Å². The number of hydrogen-bond acceptors (Lipinski definition) is 3. The fraction of sp³-hybridized carbons (Fsp3) is 0.385. The van der Waals surface area contributed by atoms with Gasteiger partial charge in [-0.2, -0.15) is 0 Å². The summed E-state index contributed by atoms with van der Waals surface area (Å²) in [6, 6.07) is 3.74. The van der Waals surface area contributed by atoms with Gasteiger partial charge < -0.3 is 15.2 Å². The van der Waals surface area contributed by atoms with E-state index in [2.05, 4.69) is 21.2 Å². The second kappa shape index (κ2) is 8.24. The second-order valence-electron chi connectivity index (χ2n) is 4.13. The lowest BCUT2D eigenvalue weighted by molar-refractivity contribution is -0.139. The molecule has 1 amide bonds. The molecule has 0 bridgehead atoms. The SMILES string of the molecule is COCCCC(NC(=O)c1ccc(Br)c(Cl)c1)C(=O)O. The predicted molar refractivity (Wildman–Crippen MR) is 79.2 cm³/mol. The number of aliphatic carboxylic acids is 1. The van der Waals surface area contributed by atoms with Crippen LogP contribution in [0.1, 0.15) is 23.2 Å². The number of nitrogens with one attached hydrogen (secondary N) is 1. The first kappa shape index (κ1) is 16.9. The maximum atomic E-state index is 12.0. The van der Waals surface area contributed by atoms with E-state index >= 15 is 0 Å². The van der Waals surface area contributed by atoms with Gasteiger partial charge in [-0.3, -0.25) is 4.79 Å². The van der Waals surface area contributed by atoms with Gasteiger partial charge in [0.25, 0.3) is 5.91 Å². The minimum absolute atomic E-state index is 0.305. The van der Waals surface area contributed by atoms with Gasteiger partial charge in [-0.15, -0.1) is 0 Å². The maximum Gasteiger partial charge on any atom is 0.326 e. The van der Waals surface area contributed by atoms with Crippen molar-refractivity contribution in [3.05, 3.63) is 33.3 Å². The van der Waals surface area contributed by atoms with E-state index < -0.39 is 17.9 Å². The highest BCUT2D eigenvalue weighted by Gasteiger charge is 2.20. The van der Waals surface area contributed by atoms with Crippen LogP contribution in [0.15, 0.2) is 22.7 Å². The summed E-state index contributed by atoms with van der Waals surface area (Å²) < 4.78 is 5.53. The number of halogens is 2. The van der Waals surface area contributed by atoms with E-state index in [0.717, 1.165) is 0 Å². The summed E-state index contributed by atoms with van der Waals surface area (Å²) in [6.45, 7) is 0.448. The van der Waals surface area contributed by atoms with Gasteiger partial charge >= 0.3 is 5.97 Å². The predicted octanol–water partition coefficient (Wildman–Crippen LogP) is 2.71. The van der Waals surface area contributed by atoms with Crippen molar-refractivity contribution in [2.24, 2.45) is 0 Å². The molecule has 5 nitrogen and oxygen atoms in total. The molecule has 1 unspecified atom stereocenters. The molecule has 0 aliphatic heterocycles. The summed E-state index contributed by atoms with van der Waals surface area (Å²) in [5, 5.41) is 11.9. The van der Waals surface area contributed by atoms with Crippen molar-refractivity contribution in [1.29, 1.82) is 0 Å². The van der Waals surface area contributed by atoms with E-state index in [1.54, 1.807) is 12.1 Å². The number of amides is 1.